The van der Waals surface area contributed by atoms with Crippen molar-refractivity contribution in [1.82, 2.24) is 10.6 Å². The summed E-state index contributed by atoms with van der Waals surface area (Å²) in [5.41, 5.74) is 3.54. The highest BCUT2D eigenvalue weighted by molar-refractivity contribution is 5.91. The highest BCUT2D eigenvalue weighted by atomic mass is 16.5. The van der Waals surface area contributed by atoms with Gasteiger partial charge in [-0.2, -0.15) is 0 Å². The Hall–Kier alpha value is -1.63. The van der Waals surface area contributed by atoms with Gasteiger partial charge in [0.25, 0.3) is 5.91 Å². The minimum atomic E-state index is -0.746. The Bertz CT molecular complexity index is 304. The average Bonchev–Trinajstić information content (AvgIpc) is 2.27. The number of esters is 1. The van der Waals surface area contributed by atoms with E-state index in [0.717, 1.165) is 0 Å². The lowest BCUT2D eigenvalue weighted by atomic mass is 10.2. The first-order chi connectivity index (χ1) is 7.79. The second-order valence-corrected chi connectivity index (χ2v) is 3.88. The number of hydrogen-bond donors (Lipinski definition) is 3. The summed E-state index contributed by atoms with van der Waals surface area (Å²) in [5.74, 6) is -1.31. The van der Waals surface area contributed by atoms with Crippen LogP contribution < -0.4 is 16.4 Å². The first-order valence-electron chi connectivity index (χ1n) is 5.31. The molecule has 0 radical (unpaired) electrons. The predicted molar refractivity (Wildman–Crippen MR) is 59.6 cm³/mol. The third-order valence-electron chi connectivity index (χ3n) is 2.11. The number of carbonyl (C=O) groups excluding carboxylic acids is 3. The van der Waals surface area contributed by atoms with E-state index < -0.39 is 30.0 Å². The normalized spacial score (nSPS) is 15.4. The highest BCUT2D eigenvalue weighted by Gasteiger charge is 2.22. The Morgan fingerprint density at radius 3 is 1.88 bits per heavy atom. The van der Waals surface area contributed by atoms with Gasteiger partial charge in [0.15, 0.2) is 6.04 Å². The standard InChI is InChI=1S/C10H19N3O4/c1-5(11)8(14)12-6(2)9(15)13-7(3)10(16)17-4/h5-7H,11H2,1-4H3,(H,12,14)(H,13,15)/p+1. The summed E-state index contributed by atoms with van der Waals surface area (Å²) < 4.78 is 4.46. The number of carbonyl (C=O) groups is 3. The molecule has 0 bridgehead atoms. The summed E-state index contributed by atoms with van der Waals surface area (Å²) in [6.07, 6.45) is 0. The van der Waals surface area contributed by atoms with Gasteiger partial charge in [-0.15, -0.1) is 0 Å². The molecular weight excluding hydrogens is 226 g/mol. The summed E-state index contributed by atoms with van der Waals surface area (Å²) in [4.78, 5) is 33.9. The second kappa shape index (κ2) is 6.85. The van der Waals surface area contributed by atoms with Crippen LogP contribution in [0.1, 0.15) is 20.8 Å². The summed E-state index contributed by atoms with van der Waals surface area (Å²) in [5, 5.41) is 4.90. The van der Waals surface area contributed by atoms with Gasteiger partial charge >= 0.3 is 5.97 Å². The predicted octanol–water partition coefficient (Wildman–Crippen LogP) is -2.20. The van der Waals surface area contributed by atoms with Crippen molar-refractivity contribution < 1.29 is 24.9 Å². The number of quaternary nitrogens is 1. The molecule has 0 aliphatic rings. The van der Waals surface area contributed by atoms with Crippen LogP contribution in [0.2, 0.25) is 0 Å². The van der Waals surface area contributed by atoms with Crippen LogP contribution in [0.15, 0.2) is 0 Å². The van der Waals surface area contributed by atoms with E-state index in [1.54, 1.807) is 6.92 Å². The van der Waals surface area contributed by atoms with Gasteiger partial charge in [-0.3, -0.25) is 9.59 Å². The molecule has 0 aromatic carbocycles. The fourth-order valence-corrected chi connectivity index (χ4v) is 0.995. The summed E-state index contributed by atoms with van der Waals surface area (Å²) in [7, 11) is 1.24. The number of hydrogen-bond acceptors (Lipinski definition) is 4. The van der Waals surface area contributed by atoms with Gasteiger partial charge in [0, 0.05) is 0 Å². The van der Waals surface area contributed by atoms with Crippen molar-refractivity contribution in [3.63, 3.8) is 0 Å². The van der Waals surface area contributed by atoms with Crippen LogP contribution >= 0.6 is 0 Å². The molecule has 17 heavy (non-hydrogen) atoms. The molecule has 7 heteroatoms. The van der Waals surface area contributed by atoms with Crippen molar-refractivity contribution in [2.75, 3.05) is 7.11 Å². The smallest absolute Gasteiger partial charge is 0.328 e. The van der Waals surface area contributed by atoms with Crippen LogP contribution in [0, 0.1) is 0 Å². The van der Waals surface area contributed by atoms with E-state index in [1.807, 2.05) is 0 Å². The van der Waals surface area contributed by atoms with Crippen LogP contribution in [0.3, 0.4) is 0 Å². The molecule has 7 nitrogen and oxygen atoms in total. The topological polar surface area (TPSA) is 112 Å². The van der Waals surface area contributed by atoms with Crippen molar-refractivity contribution in [2.45, 2.75) is 38.9 Å². The molecule has 0 rings (SSSR count). The van der Waals surface area contributed by atoms with E-state index in [-0.39, 0.29) is 5.91 Å². The molecule has 0 aromatic heterocycles. The Kier molecular flexibility index (Phi) is 6.19. The van der Waals surface area contributed by atoms with Crippen molar-refractivity contribution in [3.05, 3.63) is 0 Å². The van der Waals surface area contributed by atoms with Gasteiger partial charge in [0.05, 0.1) is 7.11 Å². The van der Waals surface area contributed by atoms with Gasteiger partial charge in [-0.25, -0.2) is 4.79 Å². The van der Waals surface area contributed by atoms with Crippen molar-refractivity contribution in [3.8, 4) is 0 Å². The van der Waals surface area contributed by atoms with E-state index in [4.69, 9.17) is 0 Å². The van der Waals surface area contributed by atoms with E-state index in [2.05, 4.69) is 21.1 Å². The van der Waals surface area contributed by atoms with Crippen LogP contribution in [-0.4, -0.2) is 43.0 Å². The zero-order valence-corrected chi connectivity index (χ0v) is 10.6. The largest absolute Gasteiger partial charge is 0.467 e. The van der Waals surface area contributed by atoms with Crippen LogP contribution in [0.4, 0.5) is 0 Å². The second-order valence-electron chi connectivity index (χ2n) is 3.88. The molecule has 0 spiro atoms. The third-order valence-corrected chi connectivity index (χ3v) is 2.11. The van der Waals surface area contributed by atoms with Gasteiger partial charge in [0.1, 0.15) is 12.1 Å². The quantitative estimate of drug-likeness (QED) is 0.478. The van der Waals surface area contributed by atoms with Gasteiger partial charge in [0.2, 0.25) is 5.91 Å². The molecule has 0 fully saturated rings. The first kappa shape index (κ1) is 15.4. The maximum atomic E-state index is 11.6. The molecule has 0 saturated heterocycles. The number of ether oxygens (including phenoxy) is 1. The number of nitrogens with one attached hydrogen (secondary N) is 2. The summed E-state index contributed by atoms with van der Waals surface area (Å²) in [6.45, 7) is 4.65. The number of amides is 2. The van der Waals surface area contributed by atoms with E-state index in [1.165, 1.54) is 21.0 Å². The minimum absolute atomic E-state index is 0.321. The molecule has 2 amide bonds. The lowest BCUT2D eigenvalue weighted by Gasteiger charge is -2.17. The van der Waals surface area contributed by atoms with Crippen molar-refractivity contribution in [2.24, 2.45) is 0 Å². The van der Waals surface area contributed by atoms with Crippen LogP contribution in [0.25, 0.3) is 0 Å². The third kappa shape index (κ3) is 5.30. The highest BCUT2D eigenvalue weighted by Crippen LogP contribution is 1.90. The fraction of sp³-hybridized carbons (Fsp3) is 0.700. The SMILES string of the molecule is COC(=O)C(C)NC(=O)C(C)NC(=O)C(C)[NH3+]. The van der Waals surface area contributed by atoms with E-state index in [9.17, 15) is 14.4 Å². The molecule has 98 valence electrons. The molecule has 3 unspecified atom stereocenters. The molecule has 0 aliphatic carbocycles. The Morgan fingerprint density at radius 1 is 1.00 bits per heavy atom. The van der Waals surface area contributed by atoms with Gasteiger partial charge in [-0.1, -0.05) is 0 Å². The summed E-state index contributed by atoms with van der Waals surface area (Å²) in [6, 6.07) is -1.91. The average molecular weight is 246 g/mol. The lowest BCUT2D eigenvalue weighted by Crippen LogP contribution is -2.67. The lowest BCUT2D eigenvalue weighted by molar-refractivity contribution is -0.398. The molecular formula is C10H20N3O4+. The monoisotopic (exact) mass is 246 g/mol. The number of rotatable bonds is 5. The van der Waals surface area contributed by atoms with E-state index in [0.29, 0.717) is 0 Å². The Morgan fingerprint density at radius 2 is 1.47 bits per heavy atom. The fourth-order valence-electron chi connectivity index (χ4n) is 0.995. The Labute approximate surface area is 100 Å². The van der Waals surface area contributed by atoms with Crippen LogP contribution in [-0.2, 0) is 19.1 Å². The van der Waals surface area contributed by atoms with Gasteiger partial charge in [-0.05, 0) is 20.8 Å². The maximum absolute atomic E-state index is 11.6. The Balaban J connectivity index is 4.23. The van der Waals surface area contributed by atoms with Crippen molar-refractivity contribution >= 4 is 17.8 Å². The first-order valence-corrected chi connectivity index (χ1v) is 5.31. The molecule has 5 N–H and O–H groups in total. The van der Waals surface area contributed by atoms with Crippen molar-refractivity contribution in [1.29, 1.82) is 0 Å². The molecule has 0 saturated carbocycles. The minimum Gasteiger partial charge on any atom is -0.467 e. The molecule has 3 atom stereocenters. The zero-order valence-electron chi connectivity index (χ0n) is 10.6. The molecule has 0 aromatic rings. The van der Waals surface area contributed by atoms with Gasteiger partial charge < -0.3 is 21.1 Å². The molecule has 0 aliphatic heterocycles. The molecule has 0 heterocycles. The number of methoxy groups -OCH3 is 1. The zero-order chi connectivity index (χ0) is 13.6. The van der Waals surface area contributed by atoms with E-state index >= 15 is 0 Å². The van der Waals surface area contributed by atoms with Crippen LogP contribution in [0.5, 0.6) is 0 Å². The maximum Gasteiger partial charge on any atom is 0.328 e. The summed E-state index contributed by atoms with van der Waals surface area (Å²) >= 11 is 0.